The molecule has 1 aromatic heterocycles. The highest BCUT2D eigenvalue weighted by atomic mass is 32.1. The lowest BCUT2D eigenvalue weighted by Crippen LogP contribution is -2.35. The molecule has 1 aliphatic heterocycles. The maximum Gasteiger partial charge on any atom is 0.415 e. The Hall–Kier alpha value is -2.74. The van der Waals surface area contributed by atoms with Crippen LogP contribution in [0.5, 0.6) is 11.5 Å². The minimum atomic E-state index is -0.383. The number of rotatable bonds is 7. The van der Waals surface area contributed by atoms with Crippen molar-refractivity contribution >= 4 is 28.3 Å². The number of ether oxygens (including phenoxy) is 3. The van der Waals surface area contributed by atoms with E-state index < -0.39 is 0 Å². The van der Waals surface area contributed by atoms with E-state index in [1.54, 1.807) is 31.3 Å². The molecule has 0 spiro atoms. The SMILES string of the molecule is COc1ccc(CC(=O)NCC2CN(c3cccs3)C(=O)O2)cc1OC. The quantitative estimate of drug-likeness (QED) is 0.803. The minimum absolute atomic E-state index is 0.150. The Morgan fingerprint density at radius 2 is 2.12 bits per heavy atom. The number of benzene rings is 1. The molecule has 0 bridgehead atoms. The fourth-order valence-corrected chi connectivity index (χ4v) is 3.43. The van der Waals surface area contributed by atoms with E-state index in [4.69, 9.17) is 14.2 Å². The fraction of sp³-hybridized carbons (Fsp3) is 0.333. The smallest absolute Gasteiger partial charge is 0.415 e. The Kier molecular flexibility index (Phi) is 5.62. The normalized spacial score (nSPS) is 16.3. The highest BCUT2D eigenvalue weighted by molar-refractivity contribution is 7.14. The van der Waals surface area contributed by atoms with Crippen LogP contribution in [0.25, 0.3) is 0 Å². The number of amides is 2. The number of thiophene rings is 1. The molecule has 26 heavy (non-hydrogen) atoms. The molecule has 8 heteroatoms. The van der Waals surface area contributed by atoms with Gasteiger partial charge in [0.1, 0.15) is 11.1 Å². The average molecular weight is 376 g/mol. The third-order valence-corrected chi connectivity index (χ3v) is 4.88. The topological polar surface area (TPSA) is 77.1 Å². The Morgan fingerprint density at radius 3 is 2.81 bits per heavy atom. The lowest BCUT2D eigenvalue weighted by Gasteiger charge is -2.12. The van der Waals surface area contributed by atoms with Crippen LogP contribution in [-0.4, -0.2) is 45.4 Å². The van der Waals surface area contributed by atoms with Crippen LogP contribution in [0.3, 0.4) is 0 Å². The van der Waals surface area contributed by atoms with Crippen LogP contribution in [0.4, 0.5) is 9.80 Å². The van der Waals surface area contributed by atoms with Crippen LogP contribution in [0.2, 0.25) is 0 Å². The van der Waals surface area contributed by atoms with Gasteiger partial charge in [-0.05, 0) is 35.2 Å². The van der Waals surface area contributed by atoms with Crippen LogP contribution < -0.4 is 19.7 Å². The molecule has 1 atom stereocenters. The van der Waals surface area contributed by atoms with Crippen molar-refractivity contribution < 1.29 is 23.8 Å². The molecular formula is C18H20N2O5S. The third-order valence-electron chi connectivity index (χ3n) is 3.99. The average Bonchev–Trinajstić information content (AvgIpc) is 3.29. The lowest BCUT2D eigenvalue weighted by molar-refractivity contribution is -0.120. The van der Waals surface area contributed by atoms with Crippen LogP contribution in [-0.2, 0) is 16.0 Å². The van der Waals surface area contributed by atoms with Gasteiger partial charge in [-0.1, -0.05) is 6.07 Å². The second-order valence-electron chi connectivity index (χ2n) is 5.74. The van der Waals surface area contributed by atoms with Gasteiger partial charge < -0.3 is 19.5 Å². The highest BCUT2D eigenvalue weighted by Gasteiger charge is 2.32. The molecule has 1 N–H and O–H groups in total. The Bertz CT molecular complexity index is 778. The van der Waals surface area contributed by atoms with Gasteiger partial charge in [-0.2, -0.15) is 0 Å². The number of anilines is 1. The summed E-state index contributed by atoms with van der Waals surface area (Å²) in [7, 11) is 3.11. The molecule has 0 aliphatic carbocycles. The van der Waals surface area contributed by atoms with Crippen molar-refractivity contribution in [1.82, 2.24) is 5.32 Å². The Labute approximate surface area is 155 Å². The van der Waals surface area contributed by atoms with Gasteiger partial charge in [-0.25, -0.2) is 4.79 Å². The monoisotopic (exact) mass is 376 g/mol. The van der Waals surface area contributed by atoms with Crippen LogP contribution >= 0.6 is 11.3 Å². The first-order valence-electron chi connectivity index (χ1n) is 8.10. The zero-order chi connectivity index (χ0) is 18.5. The molecule has 138 valence electrons. The molecule has 2 aromatic rings. The number of cyclic esters (lactones) is 1. The van der Waals surface area contributed by atoms with E-state index in [0.717, 1.165) is 10.6 Å². The Balaban J connectivity index is 1.51. The van der Waals surface area contributed by atoms with Gasteiger partial charge in [0.15, 0.2) is 11.5 Å². The zero-order valence-electron chi connectivity index (χ0n) is 14.6. The molecular weight excluding hydrogens is 356 g/mol. The molecule has 0 saturated carbocycles. The van der Waals surface area contributed by atoms with Gasteiger partial charge in [-0.3, -0.25) is 9.69 Å². The second-order valence-corrected chi connectivity index (χ2v) is 6.66. The first-order chi connectivity index (χ1) is 12.6. The molecule has 1 unspecified atom stereocenters. The van der Waals surface area contributed by atoms with E-state index in [9.17, 15) is 9.59 Å². The summed E-state index contributed by atoms with van der Waals surface area (Å²) in [6, 6.07) is 9.09. The second kappa shape index (κ2) is 8.09. The predicted molar refractivity (Wildman–Crippen MR) is 98.2 cm³/mol. The zero-order valence-corrected chi connectivity index (χ0v) is 15.4. The fourth-order valence-electron chi connectivity index (χ4n) is 2.70. The number of nitrogens with one attached hydrogen (secondary N) is 1. The first-order valence-corrected chi connectivity index (χ1v) is 8.98. The minimum Gasteiger partial charge on any atom is -0.493 e. The molecule has 1 fully saturated rings. The van der Waals surface area contributed by atoms with E-state index in [0.29, 0.717) is 18.0 Å². The van der Waals surface area contributed by atoms with Crippen molar-refractivity contribution in [3.8, 4) is 11.5 Å². The predicted octanol–water partition coefficient (Wildman–Crippen LogP) is 2.45. The van der Waals surface area contributed by atoms with E-state index in [1.165, 1.54) is 11.3 Å². The molecule has 2 amide bonds. The first kappa shape index (κ1) is 18.1. The van der Waals surface area contributed by atoms with Gasteiger partial charge in [0.05, 0.1) is 33.7 Å². The summed E-state index contributed by atoms with van der Waals surface area (Å²) in [5.74, 6) is 1.04. The molecule has 3 rings (SSSR count). The van der Waals surface area contributed by atoms with Crippen LogP contribution in [0.1, 0.15) is 5.56 Å². The summed E-state index contributed by atoms with van der Waals surface area (Å²) in [6.45, 7) is 0.704. The van der Waals surface area contributed by atoms with Gasteiger partial charge in [-0.15, -0.1) is 11.3 Å². The molecule has 1 aliphatic rings. The van der Waals surface area contributed by atoms with Crippen LogP contribution in [0, 0.1) is 0 Å². The van der Waals surface area contributed by atoms with Gasteiger partial charge in [0, 0.05) is 0 Å². The number of methoxy groups -OCH3 is 2. The van der Waals surface area contributed by atoms with Gasteiger partial charge in [0.25, 0.3) is 0 Å². The third kappa shape index (κ3) is 4.08. The maximum atomic E-state index is 12.2. The highest BCUT2D eigenvalue weighted by Crippen LogP contribution is 2.28. The van der Waals surface area contributed by atoms with E-state index >= 15 is 0 Å². The summed E-state index contributed by atoms with van der Waals surface area (Å²) in [4.78, 5) is 25.7. The largest absolute Gasteiger partial charge is 0.493 e. The number of hydrogen-bond acceptors (Lipinski definition) is 6. The number of carbonyl (C=O) groups is 2. The maximum absolute atomic E-state index is 12.2. The van der Waals surface area contributed by atoms with Crippen molar-refractivity contribution in [1.29, 1.82) is 0 Å². The standard InChI is InChI=1S/C18H20N2O5S/c1-23-14-6-5-12(8-15(14)24-2)9-16(21)19-10-13-11-20(18(22)25-13)17-4-3-7-26-17/h3-8,13H,9-11H2,1-2H3,(H,19,21). The van der Waals surface area contributed by atoms with Crippen molar-refractivity contribution in [3.63, 3.8) is 0 Å². The Morgan fingerprint density at radius 1 is 1.31 bits per heavy atom. The molecule has 2 heterocycles. The van der Waals surface area contributed by atoms with E-state index in [-0.39, 0.29) is 31.1 Å². The molecule has 1 aromatic carbocycles. The number of carbonyl (C=O) groups excluding carboxylic acids is 2. The van der Waals surface area contributed by atoms with Crippen molar-refractivity contribution in [2.45, 2.75) is 12.5 Å². The van der Waals surface area contributed by atoms with Crippen LogP contribution in [0.15, 0.2) is 35.7 Å². The molecule has 7 nitrogen and oxygen atoms in total. The summed E-state index contributed by atoms with van der Waals surface area (Å²) in [5.41, 5.74) is 0.809. The summed E-state index contributed by atoms with van der Waals surface area (Å²) >= 11 is 1.47. The molecule has 1 saturated heterocycles. The summed E-state index contributed by atoms with van der Waals surface area (Å²) < 4.78 is 15.7. The lowest BCUT2D eigenvalue weighted by atomic mass is 10.1. The molecule has 0 radical (unpaired) electrons. The van der Waals surface area contributed by atoms with E-state index in [1.807, 2.05) is 23.6 Å². The van der Waals surface area contributed by atoms with Crippen molar-refractivity contribution in [2.24, 2.45) is 0 Å². The van der Waals surface area contributed by atoms with Crippen molar-refractivity contribution in [2.75, 3.05) is 32.2 Å². The van der Waals surface area contributed by atoms with E-state index in [2.05, 4.69) is 5.32 Å². The number of hydrogen-bond donors (Lipinski definition) is 1. The number of nitrogens with zero attached hydrogens (tertiary/aromatic N) is 1. The van der Waals surface area contributed by atoms with Gasteiger partial charge in [0.2, 0.25) is 5.91 Å². The summed E-state index contributed by atoms with van der Waals surface area (Å²) in [5, 5.41) is 5.56. The van der Waals surface area contributed by atoms with Crippen molar-refractivity contribution in [3.05, 3.63) is 41.3 Å². The summed E-state index contributed by atoms with van der Waals surface area (Å²) in [6.07, 6.45) is -0.541. The van der Waals surface area contributed by atoms with Gasteiger partial charge >= 0.3 is 6.09 Å².